The average molecular weight is 333 g/mol. The molecule has 0 aromatic heterocycles. The number of aldehydes is 1. The lowest BCUT2D eigenvalue weighted by atomic mass is 10.2. The van der Waals surface area contributed by atoms with Gasteiger partial charge in [0.2, 0.25) is 0 Å². The van der Waals surface area contributed by atoms with Gasteiger partial charge in [-0.3, -0.25) is 14.4 Å². The summed E-state index contributed by atoms with van der Waals surface area (Å²) in [5.41, 5.74) is 0.561. The normalized spacial score (nSPS) is 13.9. The first-order chi connectivity index (χ1) is 11.6. The number of imide groups is 1. The Kier molecular flexibility index (Phi) is 6.48. The highest BCUT2D eigenvalue weighted by Gasteiger charge is 2.31. The van der Waals surface area contributed by atoms with Gasteiger partial charge in [0.25, 0.3) is 11.8 Å². The zero-order chi connectivity index (χ0) is 17.4. The minimum atomic E-state index is -0.387. The molecule has 0 N–H and O–H groups in total. The summed E-state index contributed by atoms with van der Waals surface area (Å²) in [7, 11) is 0. The lowest BCUT2D eigenvalue weighted by molar-refractivity contribution is -0.165. The number of carbonyl (C=O) groups excluding carboxylic acids is 4. The quantitative estimate of drug-likeness (QED) is 0.297. The van der Waals surface area contributed by atoms with Crippen molar-refractivity contribution < 1.29 is 28.8 Å². The van der Waals surface area contributed by atoms with Gasteiger partial charge in [-0.15, -0.1) is 5.06 Å². The van der Waals surface area contributed by atoms with E-state index in [-0.39, 0.29) is 43.7 Å². The van der Waals surface area contributed by atoms with Crippen LogP contribution in [0.2, 0.25) is 0 Å². The lowest BCUT2D eigenvalue weighted by Crippen LogP contribution is -2.32. The van der Waals surface area contributed by atoms with E-state index < -0.39 is 0 Å². The highest BCUT2D eigenvalue weighted by Crippen LogP contribution is 2.23. The molecule has 1 fully saturated rings. The lowest BCUT2D eigenvalue weighted by Gasteiger charge is -2.17. The van der Waals surface area contributed by atoms with Crippen molar-refractivity contribution in [3.8, 4) is 5.75 Å². The second kappa shape index (κ2) is 8.81. The molecule has 1 heterocycles. The van der Waals surface area contributed by atoms with Crippen molar-refractivity contribution in [3.05, 3.63) is 29.8 Å². The Morgan fingerprint density at radius 1 is 1.12 bits per heavy atom. The van der Waals surface area contributed by atoms with E-state index in [2.05, 4.69) is 0 Å². The Labute approximate surface area is 139 Å². The Balaban J connectivity index is 1.89. The van der Waals surface area contributed by atoms with Crippen molar-refractivity contribution in [1.82, 2.24) is 5.06 Å². The molecule has 0 atom stereocenters. The molecule has 1 saturated heterocycles. The van der Waals surface area contributed by atoms with E-state index in [1.54, 1.807) is 24.3 Å². The maximum absolute atomic E-state index is 11.7. The zero-order valence-corrected chi connectivity index (χ0v) is 13.2. The van der Waals surface area contributed by atoms with Crippen molar-refractivity contribution in [2.75, 3.05) is 0 Å². The van der Waals surface area contributed by atoms with Crippen LogP contribution in [0.5, 0.6) is 5.75 Å². The van der Waals surface area contributed by atoms with Gasteiger partial charge in [0.05, 0.1) is 0 Å². The number of nitrogens with zero attached hydrogens (tertiary/aromatic N) is 1. The van der Waals surface area contributed by atoms with Gasteiger partial charge in [0.15, 0.2) is 5.75 Å². The van der Waals surface area contributed by atoms with E-state index in [9.17, 15) is 19.2 Å². The topological polar surface area (TPSA) is 90.0 Å². The summed E-state index contributed by atoms with van der Waals surface area (Å²) in [6.07, 6.45) is 3.00. The van der Waals surface area contributed by atoms with Gasteiger partial charge in [-0.1, -0.05) is 18.2 Å². The molecule has 1 aliphatic heterocycles. The summed E-state index contributed by atoms with van der Waals surface area (Å²) < 4.78 is 5.17. The fourth-order valence-corrected chi connectivity index (χ4v) is 2.20. The van der Waals surface area contributed by atoms with Crippen molar-refractivity contribution in [1.29, 1.82) is 0 Å². The van der Waals surface area contributed by atoms with Gasteiger partial charge >= 0.3 is 5.97 Å². The number of unbranched alkanes of at least 4 members (excludes halogenated alkanes) is 2. The van der Waals surface area contributed by atoms with Crippen LogP contribution in [0.4, 0.5) is 0 Å². The minimum absolute atomic E-state index is 0.0150. The van der Waals surface area contributed by atoms with Crippen molar-refractivity contribution >= 4 is 24.1 Å². The fraction of sp³-hybridized carbons (Fsp3) is 0.412. The number of carbonyl (C=O) groups is 4. The van der Waals surface area contributed by atoms with Crippen molar-refractivity contribution in [3.63, 3.8) is 0 Å². The van der Waals surface area contributed by atoms with Crippen molar-refractivity contribution in [2.24, 2.45) is 0 Å². The number of esters is 1. The molecule has 2 rings (SSSR count). The SMILES string of the molecule is O=CCCCCC(=O)OCc1ccccc1ON1C(=O)CCC1=O. The molecule has 0 radical (unpaired) electrons. The predicted octanol–water partition coefficient (Wildman–Crippen LogP) is 1.93. The second-order valence-corrected chi connectivity index (χ2v) is 5.35. The molecule has 1 aromatic carbocycles. The van der Waals surface area contributed by atoms with E-state index >= 15 is 0 Å². The van der Waals surface area contributed by atoms with E-state index in [0.717, 1.165) is 11.3 Å². The number of hydrogen-bond acceptors (Lipinski definition) is 6. The van der Waals surface area contributed by atoms with Crippen LogP contribution in [0.1, 0.15) is 44.1 Å². The van der Waals surface area contributed by atoms with Gasteiger partial charge < -0.3 is 14.4 Å². The van der Waals surface area contributed by atoms with Crippen molar-refractivity contribution in [2.45, 2.75) is 45.1 Å². The Morgan fingerprint density at radius 2 is 1.83 bits per heavy atom. The zero-order valence-electron chi connectivity index (χ0n) is 13.2. The number of hydroxylamine groups is 2. The molecule has 7 nitrogen and oxygen atoms in total. The van der Waals surface area contributed by atoms with E-state index in [4.69, 9.17) is 9.57 Å². The molecule has 0 bridgehead atoms. The highest BCUT2D eigenvalue weighted by atomic mass is 16.7. The van der Waals surface area contributed by atoms with Gasteiger partial charge in [0, 0.05) is 31.2 Å². The largest absolute Gasteiger partial charge is 0.461 e. The highest BCUT2D eigenvalue weighted by molar-refractivity contribution is 6.00. The predicted molar refractivity (Wildman–Crippen MR) is 82.5 cm³/mol. The molecule has 1 aliphatic rings. The molecule has 7 heteroatoms. The first kappa shape index (κ1) is 17.7. The van der Waals surface area contributed by atoms with Crippen LogP contribution < -0.4 is 4.84 Å². The van der Waals surface area contributed by atoms with Gasteiger partial charge in [0.1, 0.15) is 12.9 Å². The monoisotopic (exact) mass is 333 g/mol. The molecule has 1 aromatic rings. The third-order valence-corrected chi connectivity index (χ3v) is 3.51. The first-order valence-corrected chi connectivity index (χ1v) is 7.82. The van der Waals surface area contributed by atoms with Gasteiger partial charge in [-0.25, -0.2) is 0 Å². The molecule has 128 valence electrons. The Bertz CT molecular complexity index is 611. The summed E-state index contributed by atoms with van der Waals surface area (Å²) >= 11 is 0. The van der Waals surface area contributed by atoms with E-state index in [1.807, 2.05) is 0 Å². The summed E-state index contributed by atoms with van der Waals surface area (Å²) in [6.45, 7) is -0.0150. The number of para-hydroxylation sites is 1. The molecule has 0 spiro atoms. The van der Waals surface area contributed by atoms with Crippen LogP contribution in [-0.2, 0) is 30.5 Å². The number of ether oxygens (including phenoxy) is 1. The number of rotatable bonds is 9. The molecular weight excluding hydrogens is 314 g/mol. The fourth-order valence-electron chi connectivity index (χ4n) is 2.20. The van der Waals surface area contributed by atoms with E-state index in [0.29, 0.717) is 30.6 Å². The molecule has 0 unspecified atom stereocenters. The second-order valence-electron chi connectivity index (χ2n) is 5.35. The number of benzene rings is 1. The number of hydrogen-bond donors (Lipinski definition) is 0. The van der Waals surface area contributed by atoms with Crippen LogP contribution in [0, 0.1) is 0 Å². The smallest absolute Gasteiger partial charge is 0.306 e. The van der Waals surface area contributed by atoms with Crippen LogP contribution >= 0.6 is 0 Å². The maximum atomic E-state index is 11.7. The Hall–Kier alpha value is -2.70. The summed E-state index contributed by atoms with van der Waals surface area (Å²) in [5, 5.41) is 0.750. The Morgan fingerprint density at radius 3 is 2.54 bits per heavy atom. The van der Waals surface area contributed by atoms with Crippen LogP contribution in [0.25, 0.3) is 0 Å². The van der Waals surface area contributed by atoms with Crippen LogP contribution in [0.15, 0.2) is 24.3 Å². The summed E-state index contributed by atoms with van der Waals surface area (Å²) in [4.78, 5) is 50.5. The van der Waals surface area contributed by atoms with E-state index in [1.165, 1.54) is 0 Å². The van der Waals surface area contributed by atoms with Gasteiger partial charge in [-0.2, -0.15) is 0 Å². The maximum Gasteiger partial charge on any atom is 0.306 e. The first-order valence-electron chi connectivity index (χ1n) is 7.82. The third-order valence-electron chi connectivity index (χ3n) is 3.51. The van der Waals surface area contributed by atoms with Crippen LogP contribution in [0.3, 0.4) is 0 Å². The summed E-state index contributed by atoms with van der Waals surface area (Å²) in [5.74, 6) is -0.845. The molecule has 2 amide bonds. The standard InChI is InChI=1S/C17H19NO6/c19-11-5-1-2-8-17(22)23-12-13-6-3-4-7-14(13)24-18-15(20)9-10-16(18)21/h3-4,6-7,11H,1-2,5,8-10,12H2. The molecule has 0 aliphatic carbocycles. The van der Waals surface area contributed by atoms with Gasteiger partial charge in [-0.05, 0) is 18.9 Å². The average Bonchev–Trinajstić information content (AvgIpc) is 2.90. The molecular formula is C17H19NO6. The van der Waals surface area contributed by atoms with Crippen LogP contribution in [-0.4, -0.2) is 29.1 Å². The molecule has 0 saturated carbocycles. The molecule has 24 heavy (non-hydrogen) atoms. The third kappa shape index (κ3) is 4.91. The summed E-state index contributed by atoms with van der Waals surface area (Å²) in [6, 6.07) is 6.74. The number of amides is 2. The minimum Gasteiger partial charge on any atom is -0.461 e.